The molecular formula is C26H35BrO17. The van der Waals surface area contributed by atoms with E-state index in [9.17, 15) is 33.6 Å². The van der Waals surface area contributed by atoms with Crippen molar-refractivity contribution in [2.45, 2.75) is 109 Å². The lowest BCUT2D eigenvalue weighted by atomic mass is 9.97. The fraction of sp³-hybridized carbons (Fsp3) is 0.731. The molecule has 2 fully saturated rings. The quantitative estimate of drug-likeness (QED) is 0.158. The number of halogens is 1. The molecule has 0 aromatic heterocycles. The molecule has 0 bridgehead atoms. The molecule has 0 unspecified atom stereocenters. The molecule has 248 valence electrons. The van der Waals surface area contributed by atoms with Gasteiger partial charge >= 0.3 is 41.8 Å². The Balaban J connectivity index is 2.48. The van der Waals surface area contributed by atoms with Crippen molar-refractivity contribution in [1.29, 1.82) is 0 Å². The first-order valence-corrected chi connectivity index (χ1v) is 14.1. The predicted octanol–water partition coefficient (Wildman–Crippen LogP) is 0.00100. The lowest BCUT2D eigenvalue weighted by Crippen LogP contribution is -2.64. The lowest BCUT2D eigenvalue weighted by Gasteiger charge is -2.45. The van der Waals surface area contributed by atoms with Gasteiger partial charge in [0.25, 0.3) is 0 Å². The van der Waals surface area contributed by atoms with Crippen LogP contribution in [0.2, 0.25) is 0 Å². The predicted molar refractivity (Wildman–Crippen MR) is 142 cm³/mol. The highest BCUT2D eigenvalue weighted by Crippen LogP contribution is 2.34. The van der Waals surface area contributed by atoms with E-state index in [1.165, 1.54) is 0 Å². The summed E-state index contributed by atoms with van der Waals surface area (Å²) in [7, 11) is 0. The van der Waals surface area contributed by atoms with Crippen molar-refractivity contribution in [3.05, 3.63) is 0 Å². The van der Waals surface area contributed by atoms with Gasteiger partial charge in [0.2, 0.25) is 0 Å². The molecule has 0 aromatic carbocycles. The van der Waals surface area contributed by atoms with Gasteiger partial charge in [0, 0.05) is 48.5 Å². The third kappa shape index (κ3) is 11.0. The highest BCUT2D eigenvalue weighted by atomic mass is 79.9. The van der Waals surface area contributed by atoms with Crippen LogP contribution in [-0.4, -0.2) is 115 Å². The van der Waals surface area contributed by atoms with E-state index in [1.807, 2.05) is 0 Å². The number of rotatable bonds is 11. The monoisotopic (exact) mass is 698 g/mol. The maximum Gasteiger partial charge on any atom is 0.303 e. The first kappa shape index (κ1) is 36.8. The van der Waals surface area contributed by atoms with Gasteiger partial charge in [-0.3, -0.25) is 33.6 Å². The maximum absolute atomic E-state index is 12.1. The molecular weight excluding hydrogens is 664 g/mol. The Morgan fingerprint density at radius 2 is 0.841 bits per heavy atom. The average Bonchev–Trinajstić information content (AvgIpc) is 2.87. The normalized spacial score (nSPS) is 31.5. The van der Waals surface area contributed by atoms with Crippen LogP contribution in [0.3, 0.4) is 0 Å². The Morgan fingerprint density at radius 3 is 1.27 bits per heavy atom. The molecule has 2 heterocycles. The molecule has 44 heavy (non-hydrogen) atoms. The fourth-order valence-electron chi connectivity index (χ4n) is 4.49. The number of alkyl halides is 1. The van der Waals surface area contributed by atoms with E-state index < -0.39 is 115 Å². The Kier molecular flexibility index (Phi) is 13.9. The number of hydrogen-bond donors (Lipinski definition) is 0. The first-order valence-electron chi connectivity index (χ1n) is 13.2. The molecule has 2 rings (SSSR count). The van der Waals surface area contributed by atoms with Crippen molar-refractivity contribution in [3.63, 3.8) is 0 Å². The molecule has 0 amide bonds. The van der Waals surface area contributed by atoms with Crippen molar-refractivity contribution in [1.82, 2.24) is 0 Å². The van der Waals surface area contributed by atoms with Gasteiger partial charge in [-0.25, -0.2) is 0 Å². The maximum atomic E-state index is 12.1. The van der Waals surface area contributed by atoms with Gasteiger partial charge in [-0.2, -0.15) is 0 Å². The SMILES string of the molecule is CC(=O)OC[C@H]1O[C@@H](OC[C@H]2O[C@H](Br)[C@H](OC(C)=O)[C@@H](OC(C)=O)[C@H]2OC(C)=O)[C@H](OC(C)=O)[C@@H](OC(C)=O)[C@H]1OC(C)=O. The average molecular weight is 699 g/mol. The minimum Gasteiger partial charge on any atom is -0.463 e. The Hall–Kier alpha value is -3.35. The summed E-state index contributed by atoms with van der Waals surface area (Å²) in [5.74, 6) is -5.55. The minimum absolute atomic E-state index is 0.490. The number of hydrogen-bond acceptors (Lipinski definition) is 17. The minimum atomic E-state index is -1.58. The summed E-state index contributed by atoms with van der Waals surface area (Å²) in [5, 5.41) is -1.09. The smallest absolute Gasteiger partial charge is 0.303 e. The van der Waals surface area contributed by atoms with Crippen molar-refractivity contribution in [3.8, 4) is 0 Å². The second-order valence-electron chi connectivity index (χ2n) is 9.65. The van der Waals surface area contributed by atoms with E-state index in [0.29, 0.717) is 0 Å². The van der Waals surface area contributed by atoms with Crippen LogP contribution >= 0.6 is 15.9 Å². The van der Waals surface area contributed by atoms with Gasteiger partial charge in [0.15, 0.2) is 47.9 Å². The van der Waals surface area contributed by atoms with Crippen molar-refractivity contribution >= 4 is 57.7 Å². The molecule has 0 radical (unpaired) electrons. The van der Waals surface area contributed by atoms with Crippen molar-refractivity contribution in [2.24, 2.45) is 0 Å². The zero-order valence-corrected chi connectivity index (χ0v) is 26.6. The van der Waals surface area contributed by atoms with E-state index in [-0.39, 0.29) is 0 Å². The highest BCUT2D eigenvalue weighted by molar-refractivity contribution is 9.09. The number of esters is 7. The number of ether oxygens (including phenoxy) is 10. The molecule has 0 aliphatic carbocycles. The molecule has 10 atom stereocenters. The second kappa shape index (κ2) is 16.6. The molecule has 0 N–H and O–H groups in total. The van der Waals surface area contributed by atoms with Crippen LogP contribution in [0.4, 0.5) is 0 Å². The first-order chi connectivity index (χ1) is 20.5. The van der Waals surface area contributed by atoms with E-state index in [4.69, 9.17) is 47.4 Å². The summed E-state index contributed by atoms with van der Waals surface area (Å²) < 4.78 is 54.8. The molecule has 0 spiro atoms. The van der Waals surface area contributed by atoms with Crippen LogP contribution in [0.1, 0.15) is 48.5 Å². The summed E-state index contributed by atoms with van der Waals surface area (Å²) in [6, 6.07) is 0. The van der Waals surface area contributed by atoms with Crippen LogP contribution in [0.5, 0.6) is 0 Å². The fourth-order valence-corrected chi connectivity index (χ4v) is 5.17. The van der Waals surface area contributed by atoms with Crippen LogP contribution in [0.15, 0.2) is 0 Å². The highest BCUT2D eigenvalue weighted by Gasteiger charge is 2.55. The largest absolute Gasteiger partial charge is 0.463 e. The zero-order chi connectivity index (χ0) is 33.3. The van der Waals surface area contributed by atoms with E-state index in [1.54, 1.807) is 0 Å². The molecule has 2 aliphatic heterocycles. The standard InChI is InChI=1S/C26H35BrO17/c1-10(28)35-8-18-20(38-12(3)30)22(40-14(5)32)24(42-16(7)34)26(44-18)36-9-17-19(37-11(2)29)21(39-13(4)31)23(25(27)43-17)41-15(6)33/h17-26H,8-9H2,1-7H3/t17-,18-,19+,20+,21+,22+,23-,24-,25+,26-/m1/s1. The van der Waals surface area contributed by atoms with E-state index >= 15 is 0 Å². The molecule has 2 saturated heterocycles. The molecule has 0 aromatic rings. The third-order valence-electron chi connectivity index (χ3n) is 5.86. The van der Waals surface area contributed by atoms with E-state index in [2.05, 4.69) is 15.9 Å². The van der Waals surface area contributed by atoms with E-state index in [0.717, 1.165) is 48.5 Å². The van der Waals surface area contributed by atoms with Crippen LogP contribution in [-0.2, 0) is 80.9 Å². The summed E-state index contributed by atoms with van der Waals surface area (Å²) in [6.07, 6.45) is -12.5. The van der Waals surface area contributed by atoms with Gasteiger partial charge < -0.3 is 47.4 Å². The van der Waals surface area contributed by atoms with Crippen molar-refractivity contribution < 1.29 is 80.9 Å². The summed E-state index contributed by atoms with van der Waals surface area (Å²) in [4.78, 5) is 83.3. The molecule has 2 aliphatic rings. The summed E-state index contributed by atoms with van der Waals surface area (Å²) >= 11 is 3.23. The summed E-state index contributed by atoms with van der Waals surface area (Å²) in [5.41, 5.74) is 0. The van der Waals surface area contributed by atoms with Gasteiger partial charge in [-0.1, -0.05) is 15.9 Å². The van der Waals surface area contributed by atoms with Crippen molar-refractivity contribution in [2.75, 3.05) is 13.2 Å². The second-order valence-corrected chi connectivity index (χ2v) is 10.6. The topological polar surface area (TPSA) is 212 Å². The Labute approximate surface area is 260 Å². The van der Waals surface area contributed by atoms with Crippen LogP contribution in [0.25, 0.3) is 0 Å². The summed E-state index contributed by atoms with van der Waals surface area (Å²) in [6.45, 7) is 6.61. The van der Waals surface area contributed by atoms with Gasteiger partial charge in [-0.15, -0.1) is 0 Å². The Morgan fingerprint density at radius 1 is 0.477 bits per heavy atom. The Bertz CT molecular complexity index is 1090. The molecule has 18 heteroatoms. The molecule has 0 saturated carbocycles. The van der Waals surface area contributed by atoms with Crippen LogP contribution in [0, 0.1) is 0 Å². The zero-order valence-electron chi connectivity index (χ0n) is 25.0. The van der Waals surface area contributed by atoms with Gasteiger partial charge in [0.1, 0.15) is 18.8 Å². The number of carbonyl (C=O) groups is 7. The number of carbonyl (C=O) groups excluding carboxylic acids is 7. The van der Waals surface area contributed by atoms with Gasteiger partial charge in [-0.05, 0) is 0 Å². The third-order valence-corrected chi connectivity index (χ3v) is 6.59. The molecule has 17 nitrogen and oxygen atoms in total. The van der Waals surface area contributed by atoms with Crippen LogP contribution < -0.4 is 0 Å². The lowest BCUT2D eigenvalue weighted by molar-refractivity contribution is -0.317. The van der Waals surface area contributed by atoms with Gasteiger partial charge in [0.05, 0.1) is 6.61 Å².